The number of carbonyl (C=O) groups is 1. The van der Waals surface area contributed by atoms with E-state index < -0.39 is 7.82 Å². The number of guanidine groups is 1. The normalized spacial score (nSPS) is 14.3. The number of likely N-dealkylation sites (N-methyl/N-ethyl adjacent to an activating group) is 1. The van der Waals surface area contributed by atoms with E-state index in [-0.39, 0.29) is 71.0 Å². The van der Waals surface area contributed by atoms with Crippen molar-refractivity contribution in [2.75, 3.05) is 13.6 Å². The molecule has 0 radical (unpaired) electrons. The molecule has 0 aromatic heterocycles. The van der Waals surface area contributed by atoms with Gasteiger partial charge in [-0.05, 0) is 0 Å². The van der Waals surface area contributed by atoms with Gasteiger partial charge in [0.15, 0.2) is 5.96 Å². The molecule has 1 rings (SSSR count). The number of hydrogen-bond donors (Lipinski definition) is 5. The average molecular weight is 259 g/mol. The van der Waals surface area contributed by atoms with E-state index in [9.17, 15) is 4.79 Å². The second-order valence-corrected chi connectivity index (χ2v) is 3.29. The minimum atomic E-state index is -4.64. The van der Waals surface area contributed by atoms with E-state index in [1.165, 1.54) is 0 Å². The SMILES string of the molecule is CN1CC(=O)NC1=N.O=P(O)(O)O.[NaH].[NaH]. The van der Waals surface area contributed by atoms with E-state index >= 15 is 0 Å². The van der Waals surface area contributed by atoms with Gasteiger partial charge in [-0.15, -0.1) is 0 Å². The van der Waals surface area contributed by atoms with E-state index in [1.807, 2.05) is 0 Å². The zero-order chi connectivity index (χ0) is 10.6. The molecular formula is C4H12N3Na2O5P. The Bertz CT molecular complexity index is 261. The summed E-state index contributed by atoms with van der Waals surface area (Å²) in [5.41, 5.74) is 0. The average Bonchev–Trinajstić information content (AvgIpc) is 2.05. The maximum absolute atomic E-state index is 10.4. The molecule has 1 heterocycles. The number of phosphoric acid groups is 1. The van der Waals surface area contributed by atoms with Crippen molar-refractivity contribution in [2.24, 2.45) is 0 Å². The second-order valence-electron chi connectivity index (χ2n) is 2.27. The van der Waals surface area contributed by atoms with E-state index in [4.69, 9.17) is 24.7 Å². The van der Waals surface area contributed by atoms with Gasteiger partial charge in [0.25, 0.3) is 0 Å². The summed E-state index contributed by atoms with van der Waals surface area (Å²) in [4.78, 5) is 33.5. The first kappa shape index (κ1) is 21.3. The summed E-state index contributed by atoms with van der Waals surface area (Å²) in [7, 11) is -2.94. The van der Waals surface area contributed by atoms with Crippen LogP contribution >= 0.6 is 7.82 Å². The number of amides is 1. The first-order chi connectivity index (χ1) is 5.70. The molecule has 1 fully saturated rings. The summed E-state index contributed by atoms with van der Waals surface area (Å²) in [6, 6.07) is 0. The first-order valence-electron chi connectivity index (χ1n) is 3.08. The molecule has 15 heavy (non-hydrogen) atoms. The monoisotopic (exact) mass is 259 g/mol. The van der Waals surface area contributed by atoms with Crippen molar-refractivity contribution in [3.8, 4) is 0 Å². The Morgan fingerprint density at radius 2 is 1.73 bits per heavy atom. The third-order valence-corrected chi connectivity index (χ3v) is 1.02. The van der Waals surface area contributed by atoms with Gasteiger partial charge in [0, 0.05) is 7.05 Å². The Labute approximate surface area is 131 Å². The Balaban J connectivity index is -0.000000185. The summed E-state index contributed by atoms with van der Waals surface area (Å²) < 4.78 is 8.88. The predicted molar refractivity (Wildman–Crippen MR) is 57.1 cm³/mol. The molecule has 1 aliphatic rings. The number of nitrogens with one attached hydrogen (secondary N) is 2. The molecule has 0 aromatic carbocycles. The van der Waals surface area contributed by atoms with Crippen molar-refractivity contribution in [1.82, 2.24) is 10.2 Å². The zero-order valence-corrected chi connectivity index (χ0v) is 7.65. The molecule has 1 saturated heterocycles. The van der Waals surface area contributed by atoms with Crippen molar-refractivity contribution in [3.63, 3.8) is 0 Å². The van der Waals surface area contributed by atoms with Gasteiger partial charge in [0.1, 0.15) is 0 Å². The molecule has 8 nitrogen and oxygen atoms in total. The molecule has 5 N–H and O–H groups in total. The summed E-state index contributed by atoms with van der Waals surface area (Å²) in [6.45, 7) is 0.318. The van der Waals surface area contributed by atoms with Gasteiger partial charge in [-0.2, -0.15) is 0 Å². The number of carbonyl (C=O) groups excluding carboxylic acids is 1. The molecule has 80 valence electrons. The van der Waals surface area contributed by atoms with E-state index in [2.05, 4.69) is 5.32 Å². The molecule has 0 atom stereocenters. The third-order valence-electron chi connectivity index (χ3n) is 1.02. The van der Waals surface area contributed by atoms with Gasteiger partial charge < -0.3 is 19.6 Å². The number of nitrogens with zero attached hydrogens (tertiary/aromatic N) is 1. The topological polar surface area (TPSA) is 134 Å². The minimum absolute atomic E-state index is 0. The van der Waals surface area contributed by atoms with Gasteiger partial charge in [-0.25, -0.2) is 4.57 Å². The van der Waals surface area contributed by atoms with Crippen LogP contribution in [0.4, 0.5) is 0 Å². The molecule has 1 aliphatic heterocycles. The molecule has 11 heteroatoms. The first-order valence-corrected chi connectivity index (χ1v) is 4.64. The number of rotatable bonds is 0. The van der Waals surface area contributed by atoms with E-state index in [1.54, 1.807) is 11.9 Å². The summed E-state index contributed by atoms with van der Waals surface area (Å²) >= 11 is 0. The summed E-state index contributed by atoms with van der Waals surface area (Å²) in [5, 5.41) is 9.32. The van der Waals surface area contributed by atoms with Gasteiger partial charge in [-0.3, -0.25) is 15.5 Å². The zero-order valence-electron chi connectivity index (χ0n) is 6.76. The Morgan fingerprint density at radius 1 is 1.40 bits per heavy atom. The van der Waals surface area contributed by atoms with Crippen LogP contribution in [0, 0.1) is 5.41 Å². The number of hydrogen-bond acceptors (Lipinski definition) is 3. The van der Waals surface area contributed by atoms with Gasteiger partial charge >= 0.3 is 66.9 Å². The van der Waals surface area contributed by atoms with Crippen molar-refractivity contribution in [3.05, 3.63) is 0 Å². The van der Waals surface area contributed by atoms with Crippen LogP contribution in [0.25, 0.3) is 0 Å². The Kier molecular flexibility index (Phi) is 13.0. The fourth-order valence-electron chi connectivity index (χ4n) is 0.561. The van der Waals surface area contributed by atoms with Crippen LogP contribution < -0.4 is 5.32 Å². The van der Waals surface area contributed by atoms with Crippen molar-refractivity contribution in [1.29, 1.82) is 5.41 Å². The van der Waals surface area contributed by atoms with Crippen molar-refractivity contribution >= 4 is 78.8 Å². The van der Waals surface area contributed by atoms with Crippen LogP contribution in [0.5, 0.6) is 0 Å². The molecule has 0 bridgehead atoms. The van der Waals surface area contributed by atoms with E-state index in [0.29, 0.717) is 6.54 Å². The van der Waals surface area contributed by atoms with Crippen LogP contribution in [-0.2, 0) is 9.36 Å². The molecular weight excluding hydrogens is 247 g/mol. The molecule has 0 saturated carbocycles. The second kappa shape index (κ2) is 9.12. The summed E-state index contributed by atoms with van der Waals surface area (Å²) in [5.74, 6) is 0.0903. The predicted octanol–water partition coefficient (Wildman–Crippen LogP) is -3.24. The fourth-order valence-corrected chi connectivity index (χ4v) is 0.561. The van der Waals surface area contributed by atoms with Crippen molar-refractivity contribution < 1.29 is 24.0 Å². The fraction of sp³-hybridized carbons (Fsp3) is 0.500. The molecule has 0 spiro atoms. The maximum atomic E-state index is 10.4. The quantitative estimate of drug-likeness (QED) is 0.229. The molecule has 1 amide bonds. The summed E-state index contributed by atoms with van der Waals surface area (Å²) in [6.07, 6.45) is 0. The van der Waals surface area contributed by atoms with Crippen LogP contribution in [0.15, 0.2) is 0 Å². The van der Waals surface area contributed by atoms with Crippen LogP contribution in [0.1, 0.15) is 0 Å². The molecule has 0 aliphatic carbocycles. The standard InChI is InChI=1S/C4H7N3O.2Na.H3O4P.2H/c1-7-2-3(8)6-4(7)5;;;1-5(2,3)4;;/h2H2,1H3,(H2,5,6,8);;;(H3,1,2,3,4);;. The van der Waals surface area contributed by atoms with Gasteiger partial charge in [0.05, 0.1) is 6.54 Å². The Hall–Kier alpha value is 1.05. The van der Waals surface area contributed by atoms with Gasteiger partial charge in [0.2, 0.25) is 5.91 Å². The van der Waals surface area contributed by atoms with Crippen LogP contribution in [-0.4, -0.2) is 104 Å². The molecule has 0 aromatic rings. The van der Waals surface area contributed by atoms with Gasteiger partial charge in [-0.1, -0.05) is 0 Å². The Morgan fingerprint density at radius 3 is 1.80 bits per heavy atom. The van der Waals surface area contributed by atoms with Crippen LogP contribution in [0.3, 0.4) is 0 Å². The van der Waals surface area contributed by atoms with E-state index in [0.717, 1.165) is 0 Å². The van der Waals surface area contributed by atoms with Crippen molar-refractivity contribution in [2.45, 2.75) is 0 Å². The molecule has 0 unspecified atom stereocenters. The third kappa shape index (κ3) is 15.1. The van der Waals surface area contributed by atoms with Crippen LogP contribution in [0.2, 0.25) is 0 Å².